The number of hydrogen-bond acceptors (Lipinski definition) is 2. The van der Waals surface area contributed by atoms with Crippen LogP contribution >= 0.6 is 0 Å². The lowest BCUT2D eigenvalue weighted by molar-refractivity contribution is -0.107. The fourth-order valence-corrected chi connectivity index (χ4v) is 0.734. The summed E-state index contributed by atoms with van der Waals surface area (Å²) >= 11 is 0. The maximum absolute atomic E-state index is 9.93. The van der Waals surface area contributed by atoms with Gasteiger partial charge in [0, 0.05) is 18.8 Å². The van der Waals surface area contributed by atoms with Gasteiger partial charge < -0.3 is 4.79 Å². The molecule has 0 saturated carbocycles. The average Bonchev–Trinajstić information content (AvgIpc) is 2.07. The molecule has 0 aliphatic carbocycles. The Bertz CT molecular complexity index is 241. The smallest absolute Gasteiger partial charge is 0.123 e. The number of carbonyl (C=O) groups excluding carboxylic acids is 1. The first-order valence-corrected chi connectivity index (χ1v) is 3.43. The maximum atomic E-state index is 9.93. The van der Waals surface area contributed by atoms with Crippen molar-refractivity contribution in [2.24, 2.45) is 0 Å². The molecular formula is C9H9NO. The molecular weight excluding hydrogens is 138 g/mol. The van der Waals surface area contributed by atoms with Crippen molar-refractivity contribution in [3.8, 4) is 0 Å². The number of carbonyl (C=O) groups is 1. The highest BCUT2D eigenvalue weighted by atomic mass is 16.1. The van der Waals surface area contributed by atoms with Crippen molar-refractivity contribution in [1.29, 1.82) is 0 Å². The van der Waals surface area contributed by atoms with Crippen LogP contribution in [0.25, 0.3) is 6.08 Å². The second-order valence-electron chi connectivity index (χ2n) is 2.09. The molecule has 0 fully saturated rings. The van der Waals surface area contributed by atoms with E-state index in [-0.39, 0.29) is 0 Å². The molecule has 1 aromatic rings. The molecule has 0 spiro atoms. The predicted octanol–water partition coefficient (Wildman–Crippen LogP) is 1.68. The van der Waals surface area contributed by atoms with E-state index in [9.17, 15) is 4.79 Å². The second kappa shape index (κ2) is 4.39. The minimum absolute atomic E-state index is 0.475. The van der Waals surface area contributed by atoms with Crippen LogP contribution < -0.4 is 0 Å². The third-order valence-electron chi connectivity index (χ3n) is 1.25. The summed E-state index contributed by atoms with van der Waals surface area (Å²) < 4.78 is 0. The monoisotopic (exact) mass is 147 g/mol. The van der Waals surface area contributed by atoms with Gasteiger partial charge in [0.15, 0.2) is 0 Å². The Morgan fingerprint density at radius 1 is 1.36 bits per heavy atom. The molecule has 1 aromatic heterocycles. The van der Waals surface area contributed by atoms with E-state index in [1.54, 1.807) is 12.4 Å². The maximum Gasteiger partial charge on any atom is 0.123 e. The average molecular weight is 147 g/mol. The van der Waals surface area contributed by atoms with Gasteiger partial charge in [0.25, 0.3) is 0 Å². The van der Waals surface area contributed by atoms with Crippen LogP contribution in [-0.2, 0) is 4.79 Å². The van der Waals surface area contributed by atoms with Crippen LogP contribution in [0.4, 0.5) is 0 Å². The third kappa shape index (κ3) is 2.76. The van der Waals surface area contributed by atoms with Crippen molar-refractivity contribution < 1.29 is 4.79 Å². The zero-order valence-electron chi connectivity index (χ0n) is 6.10. The Morgan fingerprint density at radius 2 is 2.09 bits per heavy atom. The Morgan fingerprint density at radius 3 is 2.73 bits per heavy atom. The van der Waals surface area contributed by atoms with Crippen LogP contribution in [0, 0.1) is 0 Å². The van der Waals surface area contributed by atoms with Crippen molar-refractivity contribution in [3.63, 3.8) is 0 Å². The van der Waals surface area contributed by atoms with Crippen LogP contribution in [0.2, 0.25) is 0 Å². The molecule has 0 aliphatic heterocycles. The summed E-state index contributed by atoms with van der Waals surface area (Å²) in [6.07, 6.45) is 8.51. The van der Waals surface area contributed by atoms with Gasteiger partial charge in [-0.15, -0.1) is 0 Å². The molecule has 0 unspecified atom stereocenters. The number of aromatic nitrogens is 1. The fourth-order valence-electron chi connectivity index (χ4n) is 0.734. The Kier molecular flexibility index (Phi) is 3.06. The zero-order chi connectivity index (χ0) is 7.94. The van der Waals surface area contributed by atoms with E-state index in [0.717, 1.165) is 11.8 Å². The topological polar surface area (TPSA) is 30.0 Å². The number of aldehydes is 1. The highest BCUT2D eigenvalue weighted by Gasteiger charge is 1.81. The van der Waals surface area contributed by atoms with Gasteiger partial charge >= 0.3 is 0 Å². The van der Waals surface area contributed by atoms with Crippen LogP contribution in [0.3, 0.4) is 0 Å². The first-order valence-electron chi connectivity index (χ1n) is 3.43. The molecule has 0 N–H and O–H groups in total. The van der Waals surface area contributed by atoms with E-state index < -0.39 is 0 Å². The molecule has 0 aromatic carbocycles. The number of nitrogens with zero attached hydrogens (tertiary/aromatic N) is 1. The molecule has 11 heavy (non-hydrogen) atoms. The van der Waals surface area contributed by atoms with Gasteiger partial charge in [-0.05, 0) is 17.7 Å². The van der Waals surface area contributed by atoms with Crippen molar-refractivity contribution in [1.82, 2.24) is 4.98 Å². The van der Waals surface area contributed by atoms with Gasteiger partial charge in [-0.25, -0.2) is 0 Å². The van der Waals surface area contributed by atoms with Crippen molar-refractivity contribution in [2.75, 3.05) is 0 Å². The Hall–Kier alpha value is -1.44. The lowest BCUT2D eigenvalue weighted by Crippen LogP contribution is -1.72. The molecule has 2 heteroatoms. The summed E-state index contributed by atoms with van der Waals surface area (Å²) in [5, 5.41) is 0. The first kappa shape index (κ1) is 7.66. The molecule has 0 saturated heterocycles. The van der Waals surface area contributed by atoms with E-state index in [1.807, 2.05) is 24.3 Å². The van der Waals surface area contributed by atoms with Crippen LogP contribution in [0.1, 0.15) is 12.0 Å². The minimum Gasteiger partial charge on any atom is -0.303 e. The van der Waals surface area contributed by atoms with Gasteiger partial charge in [0.1, 0.15) is 6.29 Å². The third-order valence-corrected chi connectivity index (χ3v) is 1.25. The number of rotatable bonds is 3. The standard InChI is InChI=1S/C9H9NO/c11-8-2-1-3-9-4-6-10-7-5-9/h1,3-8H,2H2/b3-1-. The Balaban J connectivity index is 2.57. The largest absolute Gasteiger partial charge is 0.303 e. The lowest BCUT2D eigenvalue weighted by Gasteiger charge is -1.87. The summed E-state index contributed by atoms with van der Waals surface area (Å²) in [7, 11) is 0. The summed E-state index contributed by atoms with van der Waals surface area (Å²) in [5.74, 6) is 0. The number of pyridine rings is 1. The van der Waals surface area contributed by atoms with E-state index in [4.69, 9.17) is 0 Å². The van der Waals surface area contributed by atoms with E-state index >= 15 is 0 Å². The minimum atomic E-state index is 0.475. The summed E-state index contributed by atoms with van der Waals surface area (Å²) in [6.45, 7) is 0. The summed E-state index contributed by atoms with van der Waals surface area (Å²) in [5.41, 5.74) is 1.07. The SMILES string of the molecule is O=CC/C=C\c1ccncc1. The van der Waals surface area contributed by atoms with E-state index in [2.05, 4.69) is 4.98 Å². The molecule has 1 rings (SSSR count). The molecule has 0 aliphatic rings. The Labute approximate surface area is 65.6 Å². The first-order chi connectivity index (χ1) is 5.43. The van der Waals surface area contributed by atoms with Gasteiger partial charge in [-0.1, -0.05) is 12.2 Å². The van der Waals surface area contributed by atoms with Crippen LogP contribution in [-0.4, -0.2) is 11.3 Å². The molecule has 2 nitrogen and oxygen atoms in total. The molecule has 0 radical (unpaired) electrons. The summed E-state index contributed by atoms with van der Waals surface area (Å²) in [6, 6.07) is 3.78. The van der Waals surface area contributed by atoms with Gasteiger partial charge in [-0.3, -0.25) is 4.98 Å². The van der Waals surface area contributed by atoms with Gasteiger partial charge in [0.05, 0.1) is 0 Å². The van der Waals surface area contributed by atoms with Crippen molar-refractivity contribution in [3.05, 3.63) is 36.2 Å². The van der Waals surface area contributed by atoms with Crippen LogP contribution in [0.15, 0.2) is 30.6 Å². The predicted molar refractivity (Wildman–Crippen MR) is 44.0 cm³/mol. The van der Waals surface area contributed by atoms with E-state index in [0.29, 0.717) is 6.42 Å². The molecule has 0 bridgehead atoms. The quantitative estimate of drug-likeness (QED) is 0.609. The second-order valence-corrected chi connectivity index (χ2v) is 2.09. The van der Waals surface area contributed by atoms with Crippen molar-refractivity contribution >= 4 is 12.4 Å². The molecule has 56 valence electrons. The summed E-state index contributed by atoms with van der Waals surface area (Å²) in [4.78, 5) is 13.8. The zero-order valence-corrected chi connectivity index (χ0v) is 6.10. The normalized spacial score (nSPS) is 10.2. The lowest BCUT2D eigenvalue weighted by atomic mass is 10.2. The molecule has 0 amide bonds. The molecule has 0 atom stereocenters. The van der Waals surface area contributed by atoms with Gasteiger partial charge in [0.2, 0.25) is 0 Å². The van der Waals surface area contributed by atoms with E-state index in [1.165, 1.54) is 0 Å². The van der Waals surface area contributed by atoms with Gasteiger partial charge in [-0.2, -0.15) is 0 Å². The fraction of sp³-hybridized carbons (Fsp3) is 0.111. The molecule has 1 heterocycles. The highest BCUT2D eigenvalue weighted by molar-refractivity contribution is 5.57. The highest BCUT2D eigenvalue weighted by Crippen LogP contribution is 1.98. The van der Waals surface area contributed by atoms with Crippen molar-refractivity contribution in [2.45, 2.75) is 6.42 Å². The number of hydrogen-bond donors (Lipinski definition) is 0. The van der Waals surface area contributed by atoms with Crippen LogP contribution in [0.5, 0.6) is 0 Å². The number of allylic oxidation sites excluding steroid dienone is 1.